The molecule has 0 heterocycles. The van der Waals surface area contributed by atoms with Gasteiger partial charge < -0.3 is 9.84 Å². The molecule has 2 unspecified atom stereocenters. The Morgan fingerprint density at radius 2 is 2.05 bits per heavy atom. The van der Waals surface area contributed by atoms with Gasteiger partial charge in [0, 0.05) is 7.11 Å². The summed E-state index contributed by atoms with van der Waals surface area (Å²) >= 11 is 0. The summed E-state index contributed by atoms with van der Waals surface area (Å²) in [5.74, 6) is -0.600. The van der Waals surface area contributed by atoms with Crippen molar-refractivity contribution in [2.75, 3.05) is 20.0 Å². The van der Waals surface area contributed by atoms with Crippen LogP contribution in [0.5, 0.6) is 0 Å². The Bertz CT molecular complexity index is 583. The molecule has 1 aromatic rings. The molecular formula is C14H19NO5S. The Hall–Kier alpha value is -1.70. The normalized spacial score (nSPS) is 15.3. The van der Waals surface area contributed by atoms with Crippen LogP contribution in [0.2, 0.25) is 0 Å². The molecule has 7 heteroatoms. The van der Waals surface area contributed by atoms with Crippen molar-refractivity contribution in [1.82, 2.24) is 0 Å². The summed E-state index contributed by atoms with van der Waals surface area (Å²) < 4.78 is 31.9. The molecule has 0 fully saturated rings. The van der Waals surface area contributed by atoms with Crippen molar-refractivity contribution in [1.29, 1.82) is 0 Å². The number of ether oxygens (including phenoxy) is 1. The highest BCUT2D eigenvalue weighted by Crippen LogP contribution is 2.16. The van der Waals surface area contributed by atoms with Crippen LogP contribution in [0.3, 0.4) is 0 Å². The fourth-order valence-electron chi connectivity index (χ4n) is 1.73. The van der Waals surface area contributed by atoms with Crippen LogP contribution in [-0.2, 0) is 19.1 Å². The Morgan fingerprint density at radius 3 is 2.52 bits per heavy atom. The summed E-state index contributed by atoms with van der Waals surface area (Å²) in [7, 11) is -2.27. The Kier molecular flexibility index (Phi) is 6.54. The van der Waals surface area contributed by atoms with E-state index in [4.69, 9.17) is 4.74 Å². The number of hydrogen-bond donors (Lipinski definition) is 1. The van der Waals surface area contributed by atoms with Crippen LogP contribution in [0.4, 0.5) is 0 Å². The van der Waals surface area contributed by atoms with E-state index in [2.05, 4.69) is 16.0 Å². The van der Waals surface area contributed by atoms with Gasteiger partial charge in [-0.1, -0.05) is 41.6 Å². The van der Waals surface area contributed by atoms with Gasteiger partial charge in [0.15, 0.2) is 0 Å². The first-order valence-corrected chi connectivity index (χ1v) is 8.02. The number of rotatable bonds is 8. The SMILES string of the molecule is C=CC(O)C(COC)C(=NOS(C)(=O)=O)c1ccccc1. The highest BCUT2D eigenvalue weighted by atomic mass is 32.2. The number of hydrogen-bond acceptors (Lipinski definition) is 6. The maximum absolute atomic E-state index is 11.1. The molecule has 0 spiro atoms. The van der Waals surface area contributed by atoms with Gasteiger partial charge in [0.2, 0.25) is 0 Å². The summed E-state index contributed by atoms with van der Waals surface area (Å²) in [4.78, 5) is 0. The number of benzene rings is 1. The zero-order chi connectivity index (χ0) is 15.9. The molecule has 0 bridgehead atoms. The zero-order valence-electron chi connectivity index (χ0n) is 12.0. The van der Waals surface area contributed by atoms with Crippen molar-refractivity contribution in [3.8, 4) is 0 Å². The first kappa shape index (κ1) is 17.4. The van der Waals surface area contributed by atoms with Crippen molar-refractivity contribution in [3.63, 3.8) is 0 Å². The van der Waals surface area contributed by atoms with E-state index in [0.717, 1.165) is 6.26 Å². The standard InChI is InChI=1S/C14H19NO5S/c1-4-13(16)12(10-19-2)14(15-20-21(3,17)18)11-8-6-5-7-9-11/h4-9,12-13,16H,1,10H2,2-3H3. The van der Waals surface area contributed by atoms with E-state index in [1.807, 2.05) is 6.07 Å². The highest BCUT2D eigenvalue weighted by Gasteiger charge is 2.25. The number of aliphatic hydroxyl groups is 1. The molecule has 2 atom stereocenters. The fraction of sp³-hybridized carbons (Fsp3) is 0.357. The van der Waals surface area contributed by atoms with Crippen molar-refractivity contribution in [2.45, 2.75) is 6.10 Å². The van der Waals surface area contributed by atoms with Crippen molar-refractivity contribution >= 4 is 15.8 Å². The van der Waals surface area contributed by atoms with Gasteiger partial charge in [0.05, 0.1) is 30.6 Å². The lowest BCUT2D eigenvalue weighted by Gasteiger charge is -2.21. The Balaban J connectivity index is 3.25. The lowest BCUT2D eigenvalue weighted by Crippen LogP contribution is -2.31. The van der Waals surface area contributed by atoms with Gasteiger partial charge in [-0.3, -0.25) is 4.28 Å². The summed E-state index contributed by atoms with van der Waals surface area (Å²) in [6.45, 7) is 3.66. The van der Waals surface area contributed by atoms with Crippen LogP contribution in [0, 0.1) is 5.92 Å². The fourth-order valence-corrected chi connectivity index (χ4v) is 1.95. The molecule has 116 valence electrons. The van der Waals surface area contributed by atoms with Gasteiger partial charge in [-0.15, -0.1) is 6.58 Å². The van der Waals surface area contributed by atoms with Gasteiger partial charge in [0.1, 0.15) is 0 Å². The lowest BCUT2D eigenvalue weighted by atomic mass is 9.92. The Morgan fingerprint density at radius 1 is 1.43 bits per heavy atom. The summed E-state index contributed by atoms with van der Waals surface area (Å²) in [6.07, 6.45) is 1.28. The third kappa shape index (κ3) is 5.66. The summed E-state index contributed by atoms with van der Waals surface area (Å²) in [5, 5.41) is 13.7. The maximum atomic E-state index is 11.1. The van der Waals surface area contributed by atoms with Gasteiger partial charge in [-0.05, 0) is 5.56 Å². The van der Waals surface area contributed by atoms with Crippen molar-refractivity contribution in [2.24, 2.45) is 11.1 Å². The van der Waals surface area contributed by atoms with Crippen LogP contribution in [0.15, 0.2) is 48.1 Å². The minimum atomic E-state index is -3.74. The lowest BCUT2D eigenvalue weighted by molar-refractivity contribution is 0.105. The second kappa shape index (κ2) is 7.92. The van der Waals surface area contributed by atoms with E-state index in [9.17, 15) is 13.5 Å². The second-order valence-electron chi connectivity index (χ2n) is 4.41. The Labute approximate surface area is 124 Å². The first-order valence-electron chi connectivity index (χ1n) is 6.20. The molecule has 0 radical (unpaired) electrons. The van der Waals surface area contributed by atoms with Crippen LogP contribution in [0.25, 0.3) is 0 Å². The largest absolute Gasteiger partial charge is 0.388 e. The quantitative estimate of drug-likeness (QED) is 0.442. The van der Waals surface area contributed by atoms with Gasteiger partial charge in [-0.2, -0.15) is 8.42 Å². The summed E-state index contributed by atoms with van der Waals surface area (Å²) in [5.41, 5.74) is 0.902. The second-order valence-corrected chi connectivity index (χ2v) is 5.97. The zero-order valence-corrected chi connectivity index (χ0v) is 12.8. The minimum Gasteiger partial charge on any atom is -0.388 e. The van der Waals surface area contributed by atoms with E-state index < -0.39 is 22.1 Å². The minimum absolute atomic E-state index is 0.133. The molecule has 0 saturated heterocycles. The van der Waals surface area contributed by atoms with Gasteiger partial charge in [-0.25, -0.2) is 0 Å². The highest BCUT2D eigenvalue weighted by molar-refractivity contribution is 7.85. The van der Waals surface area contributed by atoms with E-state index in [0.29, 0.717) is 5.56 Å². The molecule has 0 saturated carbocycles. The molecule has 1 aromatic carbocycles. The number of oxime groups is 1. The van der Waals surface area contributed by atoms with Crippen LogP contribution < -0.4 is 0 Å². The molecule has 21 heavy (non-hydrogen) atoms. The number of aliphatic hydroxyl groups excluding tert-OH is 1. The number of nitrogens with zero attached hydrogens (tertiary/aromatic N) is 1. The monoisotopic (exact) mass is 313 g/mol. The molecule has 0 aliphatic carbocycles. The number of methoxy groups -OCH3 is 1. The molecule has 1 N–H and O–H groups in total. The first-order chi connectivity index (χ1) is 9.89. The smallest absolute Gasteiger partial charge is 0.325 e. The van der Waals surface area contributed by atoms with E-state index in [1.54, 1.807) is 24.3 Å². The van der Waals surface area contributed by atoms with Crippen LogP contribution in [-0.4, -0.2) is 45.3 Å². The third-order valence-electron chi connectivity index (χ3n) is 2.69. The van der Waals surface area contributed by atoms with Crippen molar-refractivity contribution < 1.29 is 22.5 Å². The molecule has 0 aromatic heterocycles. The van der Waals surface area contributed by atoms with Gasteiger partial charge >= 0.3 is 10.1 Å². The summed E-state index contributed by atoms with van der Waals surface area (Å²) in [6, 6.07) is 8.84. The van der Waals surface area contributed by atoms with Gasteiger partial charge in [0.25, 0.3) is 0 Å². The molecular weight excluding hydrogens is 294 g/mol. The molecule has 0 aliphatic heterocycles. The van der Waals surface area contributed by atoms with E-state index in [-0.39, 0.29) is 12.3 Å². The average molecular weight is 313 g/mol. The van der Waals surface area contributed by atoms with Crippen LogP contribution in [0.1, 0.15) is 5.56 Å². The van der Waals surface area contributed by atoms with Crippen LogP contribution >= 0.6 is 0 Å². The molecule has 0 amide bonds. The maximum Gasteiger partial charge on any atom is 0.325 e. The topological polar surface area (TPSA) is 85.2 Å². The molecule has 1 rings (SSSR count). The van der Waals surface area contributed by atoms with E-state index in [1.165, 1.54) is 13.2 Å². The predicted octanol–water partition coefficient (Wildman–Crippen LogP) is 1.18. The molecule has 6 nitrogen and oxygen atoms in total. The third-order valence-corrected chi connectivity index (χ3v) is 3.04. The van der Waals surface area contributed by atoms with Crippen molar-refractivity contribution in [3.05, 3.63) is 48.6 Å². The predicted molar refractivity (Wildman–Crippen MR) is 80.5 cm³/mol. The molecule has 0 aliphatic rings. The average Bonchev–Trinajstić information content (AvgIpc) is 2.45. The van der Waals surface area contributed by atoms with E-state index >= 15 is 0 Å².